The molecule has 1 aliphatic carbocycles. The average Bonchev–Trinajstić information content (AvgIpc) is 3.10. The number of nitrogens with zero attached hydrogens (tertiary/aromatic N) is 1. The predicted octanol–water partition coefficient (Wildman–Crippen LogP) is 1.70. The third-order valence-corrected chi connectivity index (χ3v) is 4.47. The number of aromatic amines is 1. The van der Waals surface area contributed by atoms with E-state index in [2.05, 4.69) is 4.98 Å². The van der Waals surface area contributed by atoms with Crippen LogP contribution >= 0.6 is 11.8 Å². The number of hydrogen-bond acceptors (Lipinski definition) is 3. The first kappa shape index (κ1) is 10.9. The molecule has 1 saturated carbocycles. The maximum absolute atomic E-state index is 12.1. The Labute approximate surface area is 103 Å². The van der Waals surface area contributed by atoms with Gasteiger partial charge in [-0.15, -0.1) is 11.8 Å². The molecule has 1 unspecified atom stereocenters. The van der Waals surface area contributed by atoms with Crippen LogP contribution in [0.4, 0.5) is 0 Å². The summed E-state index contributed by atoms with van der Waals surface area (Å²) in [5, 5.41) is 0.0462. The SMILES string of the molecule is CSC1c2c(cc(=O)[nH]c2C2CC2)C(=O)N1C. The van der Waals surface area contributed by atoms with Crippen molar-refractivity contribution >= 4 is 17.7 Å². The largest absolute Gasteiger partial charge is 0.326 e. The fourth-order valence-electron chi connectivity index (χ4n) is 2.49. The molecule has 0 aromatic carbocycles. The van der Waals surface area contributed by atoms with Gasteiger partial charge in [0.2, 0.25) is 5.56 Å². The molecule has 17 heavy (non-hydrogen) atoms. The smallest absolute Gasteiger partial charge is 0.255 e. The first-order valence-corrected chi connectivity index (χ1v) is 6.99. The van der Waals surface area contributed by atoms with E-state index in [1.54, 1.807) is 23.7 Å². The second-order valence-electron chi connectivity index (χ2n) is 4.65. The molecule has 1 amide bonds. The van der Waals surface area contributed by atoms with Crippen LogP contribution in [0.1, 0.15) is 45.7 Å². The van der Waals surface area contributed by atoms with E-state index in [1.807, 2.05) is 6.26 Å². The maximum Gasteiger partial charge on any atom is 0.255 e. The fraction of sp³-hybridized carbons (Fsp3) is 0.500. The molecule has 0 radical (unpaired) electrons. The molecule has 1 aromatic rings. The van der Waals surface area contributed by atoms with Gasteiger partial charge in [0.15, 0.2) is 0 Å². The van der Waals surface area contributed by atoms with Gasteiger partial charge in [0.25, 0.3) is 5.91 Å². The Balaban J connectivity index is 2.24. The Morgan fingerprint density at radius 1 is 1.41 bits per heavy atom. The van der Waals surface area contributed by atoms with Crippen LogP contribution in [-0.2, 0) is 0 Å². The highest BCUT2D eigenvalue weighted by molar-refractivity contribution is 7.98. The third-order valence-electron chi connectivity index (χ3n) is 3.47. The second kappa shape index (κ2) is 3.63. The van der Waals surface area contributed by atoms with Crippen molar-refractivity contribution in [3.05, 3.63) is 33.2 Å². The zero-order chi connectivity index (χ0) is 12.2. The van der Waals surface area contributed by atoms with E-state index in [0.29, 0.717) is 11.5 Å². The molecular formula is C12H14N2O2S. The van der Waals surface area contributed by atoms with E-state index >= 15 is 0 Å². The molecular weight excluding hydrogens is 236 g/mol. The lowest BCUT2D eigenvalue weighted by Crippen LogP contribution is -2.21. The Kier molecular flexibility index (Phi) is 2.33. The lowest BCUT2D eigenvalue weighted by molar-refractivity contribution is 0.0813. The van der Waals surface area contributed by atoms with Crippen LogP contribution in [0.15, 0.2) is 10.9 Å². The molecule has 0 bridgehead atoms. The van der Waals surface area contributed by atoms with Crippen molar-refractivity contribution in [2.45, 2.75) is 24.1 Å². The number of rotatable bonds is 2. The molecule has 1 aliphatic heterocycles. The highest BCUT2D eigenvalue weighted by Crippen LogP contribution is 2.47. The highest BCUT2D eigenvalue weighted by atomic mass is 32.2. The fourth-order valence-corrected chi connectivity index (χ4v) is 3.39. The molecule has 1 N–H and O–H groups in total. The van der Waals surface area contributed by atoms with Crippen molar-refractivity contribution in [1.29, 1.82) is 0 Å². The van der Waals surface area contributed by atoms with E-state index in [4.69, 9.17) is 0 Å². The summed E-state index contributed by atoms with van der Waals surface area (Å²) in [5.74, 6) is 0.416. The number of thioether (sulfide) groups is 1. The summed E-state index contributed by atoms with van der Waals surface area (Å²) in [7, 11) is 1.80. The summed E-state index contributed by atoms with van der Waals surface area (Å²) in [6.45, 7) is 0. The van der Waals surface area contributed by atoms with Crippen molar-refractivity contribution in [3.63, 3.8) is 0 Å². The van der Waals surface area contributed by atoms with Gasteiger partial charge in [-0.3, -0.25) is 9.59 Å². The Morgan fingerprint density at radius 3 is 2.71 bits per heavy atom. The van der Waals surface area contributed by atoms with Gasteiger partial charge in [-0.25, -0.2) is 0 Å². The molecule has 1 fully saturated rings. The van der Waals surface area contributed by atoms with E-state index in [1.165, 1.54) is 6.07 Å². The van der Waals surface area contributed by atoms with E-state index < -0.39 is 0 Å². The molecule has 2 aliphatic rings. The second-order valence-corrected chi connectivity index (χ2v) is 5.57. The molecule has 2 heterocycles. The summed E-state index contributed by atoms with van der Waals surface area (Å²) in [6, 6.07) is 1.44. The van der Waals surface area contributed by atoms with Crippen molar-refractivity contribution in [2.75, 3.05) is 13.3 Å². The van der Waals surface area contributed by atoms with Gasteiger partial charge in [0, 0.05) is 24.4 Å². The number of hydrogen-bond donors (Lipinski definition) is 1. The van der Waals surface area contributed by atoms with Crippen LogP contribution in [0.3, 0.4) is 0 Å². The standard InChI is InChI=1S/C12H14N2O2S/c1-14-11(16)7-5-8(15)13-10(6-3-4-6)9(7)12(14)17-2/h5-6,12H,3-4H2,1-2H3,(H,13,15). The molecule has 4 nitrogen and oxygen atoms in total. The summed E-state index contributed by atoms with van der Waals surface area (Å²) in [4.78, 5) is 28.3. The molecule has 5 heteroatoms. The average molecular weight is 250 g/mol. The Bertz CT molecular complexity index is 548. The molecule has 0 saturated heterocycles. The maximum atomic E-state index is 12.1. The number of H-pyrrole nitrogens is 1. The topological polar surface area (TPSA) is 53.2 Å². The minimum atomic E-state index is -0.158. The van der Waals surface area contributed by atoms with Crippen LogP contribution < -0.4 is 5.56 Å². The first-order valence-electron chi connectivity index (χ1n) is 5.70. The van der Waals surface area contributed by atoms with Gasteiger partial charge in [-0.05, 0) is 25.0 Å². The van der Waals surface area contributed by atoms with Crippen molar-refractivity contribution in [1.82, 2.24) is 9.88 Å². The van der Waals surface area contributed by atoms with E-state index in [-0.39, 0.29) is 16.8 Å². The van der Waals surface area contributed by atoms with Crippen LogP contribution in [-0.4, -0.2) is 29.1 Å². The van der Waals surface area contributed by atoms with Crippen LogP contribution in [0.2, 0.25) is 0 Å². The van der Waals surface area contributed by atoms with Gasteiger partial charge in [0.1, 0.15) is 5.37 Å². The summed E-state index contributed by atoms with van der Waals surface area (Å²) in [5.41, 5.74) is 2.46. The number of fused-ring (bicyclic) bond motifs is 1. The Morgan fingerprint density at radius 2 is 2.12 bits per heavy atom. The zero-order valence-electron chi connectivity index (χ0n) is 9.82. The van der Waals surface area contributed by atoms with Gasteiger partial charge >= 0.3 is 0 Å². The van der Waals surface area contributed by atoms with Gasteiger partial charge in [-0.1, -0.05) is 0 Å². The van der Waals surface area contributed by atoms with Crippen LogP contribution in [0.5, 0.6) is 0 Å². The van der Waals surface area contributed by atoms with Gasteiger partial charge < -0.3 is 9.88 Å². The first-order chi connectivity index (χ1) is 8.13. The lowest BCUT2D eigenvalue weighted by atomic mass is 10.1. The number of pyridine rings is 1. The Hall–Kier alpha value is -1.23. The molecule has 90 valence electrons. The van der Waals surface area contributed by atoms with Crippen LogP contribution in [0.25, 0.3) is 0 Å². The number of nitrogens with one attached hydrogen (secondary N) is 1. The molecule has 1 aromatic heterocycles. The summed E-state index contributed by atoms with van der Waals surface area (Å²) >= 11 is 1.64. The minimum absolute atomic E-state index is 0.0349. The van der Waals surface area contributed by atoms with Crippen molar-refractivity contribution in [3.8, 4) is 0 Å². The normalized spacial score (nSPS) is 23.1. The minimum Gasteiger partial charge on any atom is -0.326 e. The monoisotopic (exact) mass is 250 g/mol. The van der Waals surface area contributed by atoms with Crippen molar-refractivity contribution in [2.24, 2.45) is 0 Å². The predicted molar refractivity (Wildman–Crippen MR) is 67.4 cm³/mol. The quantitative estimate of drug-likeness (QED) is 0.869. The summed E-state index contributed by atoms with van der Waals surface area (Å²) in [6.07, 6.45) is 4.22. The van der Waals surface area contributed by atoms with Crippen LogP contribution in [0, 0.1) is 0 Å². The summed E-state index contributed by atoms with van der Waals surface area (Å²) < 4.78 is 0. The van der Waals surface area contributed by atoms with E-state index in [0.717, 1.165) is 24.1 Å². The lowest BCUT2D eigenvalue weighted by Gasteiger charge is -2.19. The van der Waals surface area contributed by atoms with E-state index in [9.17, 15) is 9.59 Å². The zero-order valence-corrected chi connectivity index (χ0v) is 10.6. The van der Waals surface area contributed by atoms with Gasteiger partial charge in [0.05, 0.1) is 5.56 Å². The van der Waals surface area contributed by atoms with Gasteiger partial charge in [-0.2, -0.15) is 0 Å². The molecule has 0 spiro atoms. The highest BCUT2D eigenvalue weighted by Gasteiger charge is 2.40. The number of aromatic nitrogens is 1. The number of carbonyl (C=O) groups is 1. The number of carbonyl (C=O) groups excluding carboxylic acids is 1. The molecule has 1 atom stereocenters. The third kappa shape index (κ3) is 1.52. The molecule has 3 rings (SSSR count). The number of amides is 1. The van der Waals surface area contributed by atoms with Crippen molar-refractivity contribution < 1.29 is 4.79 Å².